The fraction of sp³-hybridized carbons (Fsp3) is 0.273. The van der Waals surface area contributed by atoms with Gasteiger partial charge in [0.15, 0.2) is 0 Å². The van der Waals surface area contributed by atoms with Crippen LogP contribution in [-0.4, -0.2) is 31.5 Å². The maximum absolute atomic E-state index is 11.4. The number of alkyl halides is 1. The number of benzene rings is 1. The highest BCUT2D eigenvalue weighted by atomic mass is 35.5. The van der Waals surface area contributed by atoms with Crippen molar-refractivity contribution in [1.29, 1.82) is 0 Å². The summed E-state index contributed by atoms with van der Waals surface area (Å²) in [5.74, 6) is -1.38. The lowest BCUT2D eigenvalue weighted by molar-refractivity contribution is -0.112. The number of nitrogens with zero attached hydrogens (tertiary/aromatic N) is 1. The van der Waals surface area contributed by atoms with Crippen molar-refractivity contribution in [1.82, 2.24) is 0 Å². The molecule has 15 heavy (non-hydrogen) atoms. The van der Waals surface area contributed by atoms with Crippen LogP contribution in [0.5, 0.6) is 0 Å². The van der Waals surface area contributed by atoms with E-state index in [0.29, 0.717) is 5.56 Å². The zero-order chi connectivity index (χ0) is 11.4. The molecular formula is C11H12ClNO2. The van der Waals surface area contributed by atoms with Gasteiger partial charge in [0.2, 0.25) is 11.6 Å². The summed E-state index contributed by atoms with van der Waals surface area (Å²) < 4.78 is 0. The van der Waals surface area contributed by atoms with Crippen molar-refractivity contribution in [2.24, 2.45) is 0 Å². The number of rotatable bonds is 4. The maximum Gasteiger partial charge on any atom is 0.229 e. The molecule has 0 aliphatic heterocycles. The summed E-state index contributed by atoms with van der Waals surface area (Å²) in [5.41, 5.74) is 1.36. The van der Waals surface area contributed by atoms with Crippen molar-refractivity contribution in [3.8, 4) is 0 Å². The average molecular weight is 226 g/mol. The first-order valence-corrected chi connectivity index (χ1v) is 5.00. The molecule has 0 aliphatic carbocycles. The van der Waals surface area contributed by atoms with Gasteiger partial charge < -0.3 is 4.90 Å². The molecule has 1 aromatic carbocycles. The van der Waals surface area contributed by atoms with Gasteiger partial charge in [0.05, 0.1) is 5.88 Å². The minimum Gasteiger partial charge on any atom is -0.378 e. The quantitative estimate of drug-likeness (QED) is 0.445. The predicted molar refractivity (Wildman–Crippen MR) is 60.8 cm³/mol. The van der Waals surface area contributed by atoms with E-state index >= 15 is 0 Å². The molecule has 0 amide bonds. The van der Waals surface area contributed by atoms with Crippen LogP contribution in [0.4, 0.5) is 5.69 Å². The second-order valence-electron chi connectivity index (χ2n) is 3.33. The Morgan fingerprint density at radius 3 is 2.13 bits per heavy atom. The Hall–Kier alpha value is -1.35. The Bertz CT molecular complexity index is 371. The van der Waals surface area contributed by atoms with Gasteiger partial charge in [-0.2, -0.15) is 0 Å². The van der Waals surface area contributed by atoms with Crippen LogP contribution >= 0.6 is 11.6 Å². The third-order valence-electron chi connectivity index (χ3n) is 2.02. The van der Waals surface area contributed by atoms with Crippen molar-refractivity contribution in [3.05, 3.63) is 29.8 Å². The van der Waals surface area contributed by atoms with E-state index in [4.69, 9.17) is 11.6 Å². The van der Waals surface area contributed by atoms with Gasteiger partial charge in [0, 0.05) is 25.3 Å². The Kier molecular flexibility index (Phi) is 3.86. The van der Waals surface area contributed by atoms with E-state index in [2.05, 4.69) is 0 Å². The molecule has 0 bridgehead atoms. The van der Waals surface area contributed by atoms with Crippen molar-refractivity contribution in [3.63, 3.8) is 0 Å². The van der Waals surface area contributed by atoms with Crippen LogP contribution in [0.25, 0.3) is 0 Å². The molecule has 0 atom stereocenters. The van der Waals surface area contributed by atoms with Gasteiger partial charge >= 0.3 is 0 Å². The zero-order valence-corrected chi connectivity index (χ0v) is 9.41. The van der Waals surface area contributed by atoms with Crippen LogP contribution in [0.3, 0.4) is 0 Å². The molecule has 0 aliphatic rings. The lowest BCUT2D eigenvalue weighted by Crippen LogP contribution is -2.15. The molecule has 80 valence electrons. The highest BCUT2D eigenvalue weighted by molar-refractivity contribution is 6.51. The second-order valence-corrected chi connectivity index (χ2v) is 3.59. The Morgan fingerprint density at radius 2 is 1.73 bits per heavy atom. The molecule has 0 unspecified atom stereocenters. The van der Waals surface area contributed by atoms with E-state index in [9.17, 15) is 9.59 Å². The summed E-state index contributed by atoms with van der Waals surface area (Å²) >= 11 is 5.30. The van der Waals surface area contributed by atoms with Gasteiger partial charge in [-0.05, 0) is 24.3 Å². The summed E-state index contributed by atoms with van der Waals surface area (Å²) in [6.45, 7) is 0. The average Bonchev–Trinajstić information content (AvgIpc) is 2.27. The number of anilines is 1. The number of Topliss-reactive ketones (excluding diaryl/α,β-unsaturated/α-hetero) is 2. The SMILES string of the molecule is CN(C)c1ccc(C(=O)C(=O)CCl)cc1. The van der Waals surface area contributed by atoms with Gasteiger partial charge in [-0.15, -0.1) is 11.6 Å². The Morgan fingerprint density at radius 1 is 1.20 bits per heavy atom. The van der Waals surface area contributed by atoms with Gasteiger partial charge in [0.1, 0.15) is 0 Å². The first-order chi connectivity index (χ1) is 7.06. The van der Waals surface area contributed by atoms with Gasteiger partial charge in [-0.1, -0.05) is 0 Å². The molecule has 0 spiro atoms. The van der Waals surface area contributed by atoms with E-state index in [1.54, 1.807) is 24.3 Å². The number of hydrogen-bond donors (Lipinski definition) is 0. The smallest absolute Gasteiger partial charge is 0.229 e. The first-order valence-electron chi connectivity index (χ1n) is 4.47. The third kappa shape index (κ3) is 2.80. The number of halogens is 1. The van der Waals surface area contributed by atoms with E-state index in [-0.39, 0.29) is 5.88 Å². The van der Waals surface area contributed by atoms with Crippen molar-refractivity contribution < 1.29 is 9.59 Å². The Balaban J connectivity index is 2.89. The highest BCUT2D eigenvalue weighted by Crippen LogP contribution is 2.12. The molecule has 3 nitrogen and oxygen atoms in total. The largest absolute Gasteiger partial charge is 0.378 e. The molecule has 0 N–H and O–H groups in total. The van der Waals surface area contributed by atoms with E-state index < -0.39 is 11.6 Å². The van der Waals surface area contributed by atoms with E-state index in [1.807, 2.05) is 19.0 Å². The fourth-order valence-corrected chi connectivity index (χ4v) is 1.25. The van der Waals surface area contributed by atoms with Crippen LogP contribution in [0.2, 0.25) is 0 Å². The highest BCUT2D eigenvalue weighted by Gasteiger charge is 2.14. The van der Waals surface area contributed by atoms with Crippen LogP contribution in [0, 0.1) is 0 Å². The summed E-state index contributed by atoms with van der Waals surface area (Å²) in [7, 11) is 3.81. The number of ketones is 2. The van der Waals surface area contributed by atoms with Crippen molar-refractivity contribution in [2.45, 2.75) is 0 Å². The number of carbonyl (C=O) groups is 2. The van der Waals surface area contributed by atoms with Crippen LogP contribution in [-0.2, 0) is 4.79 Å². The molecule has 0 fully saturated rings. The first kappa shape index (κ1) is 11.7. The topological polar surface area (TPSA) is 37.4 Å². The summed E-state index contributed by atoms with van der Waals surface area (Å²) in [5, 5.41) is 0. The third-order valence-corrected chi connectivity index (χ3v) is 2.26. The van der Waals surface area contributed by atoms with E-state index in [1.165, 1.54) is 0 Å². The molecule has 0 radical (unpaired) electrons. The molecule has 0 saturated heterocycles. The van der Waals surface area contributed by atoms with Crippen LogP contribution in [0.1, 0.15) is 10.4 Å². The summed E-state index contributed by atoms with van der Waals surface area (Å²) in [4.78, 5) is 24.4. The normalized spacial score (nSPS) is 9.80. The number of carbonyl (C=O) groups excluding carboxylic acids is 2. The minimum absolute atomic E-state index is 0.270. The van der Waals surface area contributed by atoms with Crippen molar-refractivity contribution >= 4 is 28.9 Å². The standard InChI is InChI=1S/C11H12ClNO2/c1-13(2)9-5-3-8(4-6-9)11(15)10(14)7-12/h3-6H,7H2,1-2H3. The van der Waals surface area contributed by atoms with Crippen LogP contribution in [0.15, 0.2) is 24.3 Å². The maximum atomic E-state index is 11.4. The van der Waals surface area contributed by atoms with Crippen molar-refractivity contribution in [2.75, 3.05) is 24.9 Å². The molecular weight excluding hydrogens is 214 g/mol. The summed E-state index contributed by atoms with van der Waals surface area (Å²) in [6, 6.07) is 6.83. The lowest BCUT2D eigenvalue weighted by atomic mass is 10.1. The van der Waals surface area contributed by atoms with Gasteiger partial charge in [0.25, 0.3) is 0 Å². The molecule has 0 heterocycles. The van der Waals surface area contributed by atoms with E-state index in [0.717, 1.165) is 5.69 Å². The predicted octanol–water partition coefficient (Wildman–Crippen LogP) is 1.74. The summed E-state index contributed by atoms with van der Waals surface area (Å²) in [6.07, 6.45) is 0. The van der Waals surface area contributed by atoms with Gasteiger partial charge in [-0.25, -0.2) is 0 Å². The number of hydrogen-bond acceptors (Lipinski definition) is 3. The lowest BCUT2D eigenvalue weighted by Gasteiger charge is -2.11. The molecule has 0 saturated carbocycles. The monoisotopic (exact) mass is 225 g/mol. The zero-order valence-electron chi connectivity index (χ0n) is 8.66. The molecule has 4 heteroatoms. The van der Waals surface area contributed by atoms with Gasteiger partial charge in [-0.3, -0.25) is 9.59 Å². The minimum atomic E-state index is -0.575. The van der Waals surface area contributed by atoms with Crippen LogP contribution < -0.4 is 4.90 Å². The molecule has 1 aromatic rings. The second kappa shape index (κ2) is 4.94. The Labute approximate surface area is 93.6 Å². The molecule has 1 rings (SSSR count). The fourth-order valence-electron chi connectivity index (χ4n) is 1.13. The molecule has 0 aromatic heterocycles.